The molecule has 0 aromatic carbocycles. The zero-order valence-corrected chi connectivity index (χ0v) is 23.4. The molecule has 0 saturated heterocycles. The van der Waals surface area contributed by atoms with E-state index in [-0.39, 0.29) is 0 Å². The Kier molecular flexibility index (Phi) is 15.5. The lowest BCUT2D eigenvalue weighted by molar-refractivity contribution is -0.223. The van der Waals surface area contributed by atoms with Crippen LogP contribution in [0.1, 0.15) is 55.4 Å². The quantitative estimate of drug-likeness (QED) is 0.180. The Balaban J connectivity index is 7.24. The fourth-order valence-corrected chi connectivity index (χ4v) is 3.33. The van der Waals surface area contributed by atoms with Gasteiger partial charge in [0.05, 0.1) is 0 Å². The normalized spacial score (nSPS) is 14.9. The smallest absolute Gasteiger partial charge is 0.303 e. The molecule has 0 aliphatic rings. The lowest BCUT2D eigenvalue weighted by atomic mass is 9.95. The molecule has 0 aromatic rings. The predicted octanol–water partition coefficient (Wildman–Crippen LogP) is -0.297. The largest absolute Gasteiger partial charge is 0.462 e. The van der Waals surface area contributed by atoms with Crippen LogP contribution in [0.15, 0.2) is 0 Å². The van der Waals surface area contributed by atoms with E-state index in [4.69, 9.17) is 37.9 Å². The van der Waals surface area contributed by atoms with E-state index in [1.807, 2.05) is 0 Å². The van der Waals surface area contributed by atoms with Gasteiger partial charge in [0.1, 0.15) is 13.2 Å². The summed E-state index contributed by atoms with van der Waals surface area (Å²) >= 11 is 0. The zero-order valence-electron chi connectivity index (χ0n) is 23.4. The van der Waals surface area contributed by atoms with Crippen LogP contribution in [0.3, 0.4) is 0 Å². The monoisotopic (exact) mass is 578 g/mol. The van der Waals surface area contributed by atoms with Crippen molar-refractivity contribution in [3.05, 3.63) is 0 Å². The third-order valence-electron chi connectivity index (χ3n) is 4.45. The van der Waals surface area contributed by atoms with Gasteiger partial charge in [-0.3, -0.25) is 38.4 Å². The van der Waals surface area contributed by atoms with Gasteiger partial charge in [-0.1, -0.05) is 0 Å². The molecular formula is C24H34O16. The van der Waals surface area contributed by atoms with Gasteiger partial charge in [0.2, 0.25) is 0 Å². The van der Waals surface area contributed by atoms with Gasteiger partial charge in [-0.15, -0.1) is 0 Å². The molecule has 226 valence electrons. The van der Waals surface area contributed by atoms with Crippen LogP contribution in [0.2, 0.25) is 0 Å². The molecule has 0 rings (SSSR count). The van der Waals surface area contributed by atoms with Crippen molar-refractivity contribution in [1.82, 2.24) is 0 Å². The van der Waals surface area contributed by atoms with Gasteiger partial charge >= 0.3 is 47.8 Å². The average Bonchev–Trinajstić information content (AvgIpc) is 2.77. The summed E-state index contributed by atoms with van der Waals surface area (Å²) in [6.45, 7) is 6.33. The molecule has 0 N–H and O–H groups in total. The number of esters is 8. The van der Waals surface area contributed by atoms with Gasteiger partial charge in [0.25, 0.3) is 0 Å². The second-order valence-corrected chi connectivity index (χ2v) is 8.20. The highest BCUT2D eigenvalue weighted by Crippen LogP contribution is 2.26. The summed E-state index contributed by atoms with van der Waals surface area (Å²) < 4.78 is 41.3. The van der Waals surface area contributed by atoms with Gasteiger partial charge in [-0.2, -0.15) is 0 Å². The minimum absolute atomic E-state index is 0.726. The number of carbonyl (C=O) groups is 8. The summed E-state index contributed by atoms with van der Waals surface area (Å²) in [6.07, 6.45) is -11.0. The van der Waals surface area contributed by atoms with E-state index >= 15 is 0 Å². The maximum absolute atomic E-state index is 12.2. The molecule has 6 atom stereocenters. The molecule has 0 aliphatic carbocycles. The molecule has 40 heavy (non-hydrogen) atoms. The summed E-state index contributed by atoms with van der Waals surface area (Å²) in [5.74, 6) is -7.64. The Hall–Kier alpha value is -4.24. The molecule has 0 aromatic heterocycles. The van der Waals surface area contributed by atoms with Gasteiger partial charge < -0.3 is 37.9 Å². The van der Waals surface area contributed by atoms with Crippen LogP contribution in [0.4, 0.5) is 0 Å². The number of carbonyl (C=O) groups excluding carboxylic acids is 8. The number of hydrogen-bond donors (Lipinski definition) is 0. The van der Waals surface area contributed by atoms with Crippen LogP contribution in [0.25, 0.3) is 0 Å². The highest BCUT2D eigenvalue weighted by atomic mass is 16.7. The Morgan fingerprint density at radius 3 is 0.775 bits per heavy atom. The van der Waals surface area contributed by atoms with E-state index in [0.29, 0.717) is 0 Å². The summed E-state index contributed by atoms with van der Waals surface area (Å²) in [6, 6.07) is 0. The van der Waals surface area contributed by atoms with E-state index < -0.39 is 97.6 Å². The fraction of sp³-hybridized carbons (Fsp3) is 0.667. The van der Waals surface area contributed by atoms with Crippen LogP contribution in [0.5, 0.6) is 0 Å². The van der Waals surface area contributed by atoms with Gasteiger partial charge in [-0.05, 0) is 0 Å². The summed E-state index contributed by atoms with van der Waals surface area (Å²) in [4.78, 5) is 95.3. The Morgan fingerprint density at radius 2 is 0.575 bits per heavy atom. The summed E-state index contributed by atoms with van der Waals surface area (Å²) in [5.41, 5.74) is 0. The number of hydrogen-bond acceptors (Lipinski definition) is 16. The van der Waals surface area contributed by atoms with Gasteiger partial charge in [0.15, 0.2) is 36.6 Å². The molecule has 16 nitrogen and oxygen atoms in total. The second-order valence-electron chi connectivity index (χ2n) is 8.20. The minimum Gasteiger partial charge on any atom is -0.462 e. The van der Waals surface area contributed by atoms with Gasteiger partial charge in [0, 0.05) is 55.4 Å². The molecule has 0 unspecified atom stereocenters. The van der Waals surface area contributed by atoms with Crippen LogP contribution in [0, 0.1) is 0 Å². The van der Waals surface area contributed by atoms with Crippen molar-refractivity contribution in [3.63, 3.8) is 0 Å². The van der Waals surface area contributed by atoms with Crippen LogP contribution in [-0.4, -0.2) is 97.6 Å². The summed E-state index contributed by atoms with van der Waals surface area (Å²) in [7, 11) is 0. The van der Waals surface area contributed by atoms with Crippen molar-refractivity contribution in [3.8, 4) is 0 Å². The van der Waals surface area contributed by atoms with E-state index in [9.17, 15) is 38.4 Å². The number of rotatable bonds is 15. The molecule has 0 amide bonds. The SMILES string of the molecule is CC(=O)OC[C@H](OC(C)=O)[C@@H](OC(C)=O)[C@H](OC(C)=O)[C@@H](OC(C)=O)[C@H](OC(C)=O)[C@@H](COC(C)=O)OC(C)=O. The van der Waals surface area contributed by atoms with Crippen molar-refractivity contribution in [2.75, 3.05) is 13.2 Å². The molecule has 0 radical (unpaired) electrons. The van der Waals surface area contributed by atoms with Crippen molar-refractivity contribution < 1.29 is 76.3 Å². The standard InChI is InChI=1S/C24H34O16/c1-11(25)33-9-19(35-13(3)27)21(37-15(5)29)23(39-17(7)31)24(40-18(8)32)22(38-16(6)30)20(36-14(4)28)10-34-12(2)26/h19-24H,9-10H2,1-8H3/t19-,20+,21-,22-,23+,24+/m1/s1. The Bertz CT molecular complexity index is 881. The molecule has 16 heteroatoms. The third-order valence-corrected chi connectivity index (χ3v) is 4.45. The molecule has 0 spiro atoms. The van der Waals surface area contributed by atoms with Crippen molar-refractivity contribution in [2.24, 2.45) is 0 Å². The zero-order chi connectivity index (χ0) is 31.2. The molecule has 0 bridgehead atoms. The highest BCUT2D eigenvalue weighted by Gasteiger charge is 2.51. The van der Waals surface area contributed by atoms with E-state index in [0.717, 1.165) is 55.4 Å². The van der Waals surface area contributed by atoms with Gasteiger partial charge in [-0.25, -0.2) is 0 Å². The van der Waals surface area contributed by atoms with Crippen LogP contribution >= 0.6 is 0 Å². The fourth-order valence-electron chi connectivity index (χ4n) is 3.33. The topological polar surface area (TPSA) is 210 Å². The lowest BCUT2D eigenvalue weighted by Gasteiger charge is -2.39. The van der Waals surface area contributed by atoms with Crippen molar-refractivity contribution in [2.45, 2.75) is 92.0 Å². The summed E-state index contributed by atoms with van der Waals surface area (Å²) in [5, 5.41) is 0. The maximum atomic E-state index is 12.2. The highest BCUT2D eigenvalue weighted by molar-refractivity contribution is 5.70. The average molecular weight is 579 g/mol. The minimum atomic E-state index is -1.95. The first-order valence-electron chi connectivity index (χ1n) is 11.7. The lowest BCUT2D eigenvalue weighted by Crippen LogP contribution is -2.59. The first-order valence-corrected chi connectivity index (χ1v) is 11.7. The first kappa shape index (κ1) is 35.8. The third kappa shape index (κ3) is 14.6. The van der Waals surface area contributed by atoms with Crippen LogP contribution < -0.4 is 0 Å². The first-order chi connectivity index (χ1) is 18.4. The maximum Gasteiger partial charge on any atom is 0.303 e. The molecule has 0 saturated carbocycles. The number of ether oxygens (including phenoxy) is 8. The molecule has 0 fully saturated rings. The van der Waals surface area contributed by atoms with E-state index in [2.05, 4.69) is 0 Å². The second kappa shape index (κ2) is 17.4. The van der Waals surface area contributed by atoms with E-state index in [1.54, 1.807) is 0 Å². The Morgan fingerprint density at radius 1 is 0.350 bits per heavy atom. The van der Waals surface area contributed by atoms with Crippen molar-refractivity contribution >= 4 is 47.8 Å². The molecular weight excluding hydrogens is 544 g/mol. The molecule has 0 aliphatic heterocycles. The Labute approximate surface area is 229 Å². The van der Waals surface area contributed by atoms with E-state index in [1.165, 1.54) is 0 Å². The predicted molar refractivity (Wildman–Crippen MR) is 127 cm³/mol. The van der Waals surface area contributed by atoms with Crippen molar-refractivity contribution in [1.29, 1.82) is 0 Å². The van der Waals surface area contributed by atoms with Crippen LogP contribution in [-0.2, 0) is 76.3 Å². The molecule has 0 heterocycles.